The Bertz CT molecular complexity index is 456. The van der Waals surface area contributed by atoms with Gasteiger partial charge >= 0.3 is 0 Å². The van der Waals surface area contributed by atoms with Crippen molar-refractivity contribution in [3.63, 3.8) is 0 Å². The fraction of sp³-hybridized carbons (Fsp3) is 0.562. The molecule has 2 N–H and O–H groups in total. The first-order chi connectivity index (χ1) is 9.55. The van der Waals surface area contributed by atoms with E-state index in [1.165, 1.54) is 12.0 Å². The lowest BCUT2D eigenvalue weighted by molar-refractivity contribution is 0.0268. The number of aliphatic imine (C=N–C) groups is 1. The average molecular weight is 275 g/mol. The molecule has 0 radical (unpaired) electrons. The molecule has 2 unspecified atom stereocenters. The van der Waals surface area contributed by atoms with Crippen molar-refractivity contribution in [1.82, 2.24) is 10.6 Å². The number of hydrogen-bond donors (Lipinski definition) is 2. The summed E-state index contributed by atoms with van der Waals surface area (Å²) in [6, 6.07) is 11.1. The fourth-order valence-corrected chi connectivity index (χ4v) is 2.16. The van der Waals surface area contributed by atoms with Gasteiger partial charge in [0.2, 0.25) is 0 Å². The number of nitrogens with one attached hydrogen (secondary N) is 2. The Morgan fingerprint density at radius 2 is 2.05 bits per heavy atom. The minimum Gasteiger partial charge on any atom is -0.377 e. The Morgan fingerprint density at radius 1 is 1.35 bits per heavy atom. The number of benzene rings is 1. The highest BCUT2D eigenvalue weighted by atomic mass is 16.5. The van der Waals surface area contributed by atoms with Gasteiger partial charge in [-0.1, -0.05) is 30.3 Å². The van der Waals surface area contributed by atoms with E-state index in [0.29, 0.717) is 12.0 Å². The van der Waals surface area contributed by atoms with Crippen molar-refractivity contribution in [2.24, 2.45) is 4.99 Å². The molecular formula is C16H25N3O. The van der Waals surface area contributed by atoms with E-state index in [9.17, 15) is 0 Å². The van der Waals surface area contributed by atoms with Crippen LogP contribution in [0.3, 0.4) is 0 Å². The van der Waals surface area contributed by atoms with E-state index in [4.69, 9.17) is 4.74 Å². The second-order valence-corrected chi connectivity index (χ2v) is 5.89. The SMILES string of the molecule is CN=C(NCC(C)(C)OC)NC1CC1c1ccccc1. The average Bonchev–Trinajstić information content (AvgIpc) is 3.23. The molecule has 1 aliphatic carbocycles. The number of ether oxygens (including phenoxy) is 1. The lowest BCUT2D eigenvalue weighted by Gasteiger charge is -2.24. The Balaban J connectivity index is 1.82. The van der Waals surface area contributed by atoms with Crippen LogP contribution in [0, 0.1) is 0 Å². The Kier molecular flexibility index (Phi) is 4.65. The third kappa shape index (κ3) is 3.97. The molecule has 4 nitrogen and oxygen atoms in total. The maximum absolute atomic E-state index is 5.40. The molecule has 2 rings (SSSR count). The van der Waals surface area contributed by atoms with Gasteiger partial charge in [0.25, 0.3) is 0 Å². The van der Waals surface area contributed by atoms with Crippen LogP contribution in [-0.2, 0) is 4.74 Å². The highest BCUT2D eigenvalue weighted by Crippen LogP contribution is 2.40. The highest BCUT2D eigenvalue weighted by molar-refractivity contribution is 5.80. The second kappa shape index (κ2) is 6.27. The molecular weight excluding hydrogens is 250 g/mol. The second-order valence-electron chi connectivity index (χ2n) is 5.89. The van der Waals surface area contributed by atoms with E-state index in [-0.39, 0.29) is 5.60 Å². The van der Waals surface area contributed by atoms with Crippen LogP contribution >= 0.6 is 0 Å². The third-order valence-electron chi connectivity index (χ3n) is 3.80. The summed E-state index contributed by atoms with van der Waals surface area (Å²) in [5.74, 6) is 1.45. The van der Waals surface area contributed by atoms with Crippen molar-refractivity contribution < 1.29 is 4.74 Å². The summed E-state index contributed by atoms with van der Waals surface area (Å²) in [6.45, 7) is 4.83. The Morgan fingerprint density at radius 3 is 2.65 bits per heavy atom. The normalized spacial score (nSPS) is 22.5. The largest absolute Gasteiger partial charge is 0.377 e. The molecule has 1 aromatic rings. The summed E-state index contributed by atoms with van der Waals surface area (Å²) in [4.78, 5) is 4.27. The topological polar surface area (TPSA) is 45.7 Å². The molecule has 0 aliphatic heterocycles. The van der Waals surface area contributed by atoms with Gasteiger partial charge in [0, 0.05) is 32.7 Å². The van der Waals surface area contributed by atoms with E-state index in [1.807, 2.05) is 0 Å². The predicted octanol–water partition coefficient (Wildman–Crippen LogP) is 2.13. The molecule has 0 amide bonds. The van der Waals surface area contributed by atoms with E-state index < -0.39 is 0 Å². The lowest BCUT2D eigenvalue weighted by atomic mass is 10.1. The summed E-state index contributed by atoms with van der Waals surface area (Å²) in [5, 5.41) is 6.79. The van der Waals surface area contributed by atoms with Crippen molar-refractivity contribution in [2.75, 3.05) is 20.7 Å². The van der Waals surface area contributed by atoms with Crippen LogP contribution in [0.4, 0.5) is 0 Å². The summed E-state index contributed by atoms with van der Waals surface area (Å²) < 4.78 is 5.40. The summed E-state index contributed by atoms with van der Waals surface area (Å²) in [6.07, 6.45) is 1.17. The van der Waals surface area contributed by atoms with Gasteiger partial charge in [0.05, 0.1) is 5.60 Å². The van der Waals surface area contributed by atoms with Crippen LogP contribution in [0.15, 0.2) is 35.3 Å². The van der Waals surface area contributed by atoms with Crippen molar-refractivity contribution in [3.05, 3.63) is 35.9 Å². The number of rotatable bonds is 5. The molecule has 0 spiro atoms. The van der Waals surface area contributed by atoms with Gasteiger partial charge in [-0.2, -0.15) is 0 Å². The monoisotopic (exact) mass is 275 g/mol. The molecule has 2 atom stereocenters. The van der Waals surface area contributed by atoms with Gasteiger partial charge in [-0.25, -0.2) is 0 Å². The van der Waals surface area contributed by atoms with Gasteiger partial charge < -0.3 is 15.4 Å². The van der Waals surface area contributed by atoms with Crippen LogP contribution in [0.1, 0.15) is 31.7 Å². The smallest absolute Gasteiger partial charge is 0.191 e. The Hall–Kier alpha value is -1.55. The summed E-state index contributed by atoms with van der Waals surface area (Å²) in [5.41, 5.74) is 1.21. The van der Waals surface area contributed by atoms with Crippen LogP contribution in [-0.4, -0.2) is 38.3 Å². The van der Waals surface area contributed by atoms with Crippen molar-refractivity contribution >= 4 is 5.96 Å². The first-order valence-electron chi connectivity index (χ1n) is 7.13. The fourth-order valence-electron chi connectivity index (χ4n) is 2.16. The summed E-state index contributed by atoms with van der Waals surface area (Å²) >= 11 is 0. The van der Waals surface area contributed by atoms with Gasteiger partial charge in [0.15, 0.2) is 5.96 Å². The van der Waals surface area contributed by atoms with Crippen LogP contribution in [0.25, 0.3) is 0 Å². The van der Waals surface area contributed by atoms with Gasteiger partial charge in [-0.15, -0.1) is 0 Å². The molecule has 4 heteroatoms. The maximum atomic E-state index is 5.40. The standard InChI is InChI=1S/C16H25N3O/c1-16(2,20-4)11-18-15(17-3)19-14-10-13(14)12-8-6-5-7-9-12/h5-9,13-14H,10-11H2,1-4H3,(H2,17,18,19). The molecule has 1 saturated carbocycles. The number of guanidine groups is 1. The molecule has 110 valence electrons. The molecule has 0 heterocycles. The van der Waals surface area contributed by atoms with E-state index in [2.05, 4.69) is 59.8 Å². The van der Waals surface area contributed by atoms with Crippen LogP contribution < -0.4 is 10.6 Å². The van der Waals surface area contributed by atoms with E-state index in [0.717, 1.165) is 12.5 Å². The lowest BCUT2D eigenvalue weighted by Crippen LogP contribution is -2.46. The minimum atomic E-state index is -0.194. The predicted molar refractivity (Wildman–Crippen MR) is 83.2 cm³/mol. The molecule has 1 aliphatic rings. The van der Waals surface area contributed by atoms with Gasteiger partial charge in [0.1, 0.15) is 0 Å². The molecule has 0 aromatic heterocycles. The van der Waals surface area contributed by atoms with E-state index in [1.54, 1.807) is 14.2 Å². The Labute approximate surface area is 121 Å². The number of methoxy groups -OCH3 is 1. The molecule has 1 aromatic carbocycles. The van der Waals surface area contributed by atoms with Crippen LogP contribution in [0.2, 0.25) is 0 Å². The quantitative estimate of drug-likeness (QED) is 0.639. The first kappa shape index (κ1) is 14.9. The molecule has 0 bridgehead atoms. The summed E-state index contributed by atoms with van der Waals surface area (Å²) in [7, 11) is 3.53. The zero-order valence-corrected chi connectivity index (χ0v) is 12.8. The van der Waals surface area contributed by atoms with Crippen LogP contribution in [0.5, 0.6) is 0 Å². The maximum Gasteiger partial charge on any atom is 0.191 e. The van der Waals surface area contributed by atoms with E-state index >= 15 is 0 Å². The number of nitrogens with zero attached hydrogens (tertiary/aromatic N) is 1. The van der Waals surface area contributed by atoms with Crippen molar-refractivity contribution in [2.45, 2.75) is 37.8 Å². The highest BCUT2D eigenvalue weighted by Gasteiger charge is 2.38. The zero-order chi connectivity index (χ0) is 14.6. The zero-order valence-electron chi connectivity index (χ0n) is 12.8. The third-order valence-corrected chi connectivity index (χ3v) is 3.80. The minimum absolute atomic E-state index is 0.194. The van der Waals surface area contributed by atoms with Gasteiger partial charge in [-0.05, 0) is 25.8 Å². The molecule has 20 heavy (non-hydrogen) atoms. The molecule has 0 saturated heterocycles. The van der Waals surface area contributed by atoms with Crippen molar-refractivity contribution in [3.8, 4) is 0 Å². The van der Waals surface area contributed by atoms with Gasteiger partial charge in [-0.3, -0.25) is 4.99 Å². The van der Waals surface area contributed by atoms with Crippen molar-refractivity contribution in [1.29, 1.82) is 0 Å². The number of hydrogen-bond acceptors (Lipinski definition) is 2. The first-order valence-corrected chi connectivity index (χ1v) is 7.13. The molecule has 1 fully saturated rings.